The molecule has 0 N–H and O–H groups in total. The van der Waals surface area contributed by atoms with Gasteiger partial charge in [-0.15, -0.1) is 0 Å². The number of aryl methyl sites for hydroxylation is 1. The summed E-state index contributed by atoms with van der Waals surface area (Å²) >= 11 is 0. The van der Waals surface area contributed by atoms with Crippen LogP contribution in [0.4, 0.5) is 0 Å². The molecule has 0 atom stereocenters. The molecule has 0 amide bonds. The molecule has 0 spiro atoms. The molecule has 5 rings (SSSR count). The molecule has 3 aromatic carbocycles. The Bertz CT molecular complexity index is 1410. The van der Waals surface area contributed by atoms with Crippen molar-refractivity contribution in [2.24, 2.45) is 0 Å². The van der Waals surface area contributed by atoms with Gasteiger partial charge in [-0.3, -0.25) is 0 Å². The van der Waals surface area contributed by atoms with Crippen LogP contribution in [0.25, 0.3) is 28.4 Å². The Hall–Kier alpha value is -3.55. The van der Waals surface area contributed by atoms with E-state index in [4.69, 9.17) is 4.52 Å². The van der Waals surface area contributed by atoms with Gasteiger partial charge in [-0.2, -0.15) is 9.29 Å². The van der Waals surface area contributed by atoms with E-state index in [9.17, 15) is 8.42 Å². The highest BCUT2D eigenvalue weighted by atomic mass is 32.2. The largest absolute Gasteiger partial charge is 0.334 e. The number of benzene rings is 3. The first kappa shape index (κ1) is 21.3. The van der Waals surface area contributed by atoms with Crippen molar-refractivity contribution in [1.29, 1.82) is 0 Å². The molecule has 1 aliphatic rings. The zero-order valence-electron chi connectivity index (χ0n) is 18.2. The highest BCUT2D eigenvalue weighted by Gasteiger charge is 2.30. The summed E-state index contributed by atoms with van der Waals surface area (Å²) in [4.78, 5) is 4.65. The third-order valence-electron chi connectivity index (χ3n) is 5.79. The Kier molecular flexibility index (Phi) is 5.66. The Morgan fingerprint density at radius 3 is 2.33 bits per heavy atom. The van der Waals surface area contributed by atoms with Gasteiger partial charge >= 0.3 is 0 Å². The van der Waals surface area contributed by atoms with Gasteiger partial charge in [0.25, 0.3) is 5.89 Å². The summed E-state index contributed by atoms with van der Waals surface area (Å²) in [6.07, 6.45) is 2.64. The molecule has 0 fully saturated rings. The van der Waals surface area contributed by atoms with Crippen LogP contribution in [0.5, 0.6) is 0 Å². The maximum absolute atomic E-state index is 13.5. The van der Waals surface area contributed by atoms with Gasteiger partial charge in [-0.25, -0.2) is 8.42 Å². The monoisotopic (exact) mass is 457 g/mol. The lowest BCUT2D eigenvalue weighted by atomic mass is 10.0. The normalized spacial score (nSPS) is 14.8. The molecule has 4 aromatic rings. The first-order valence-electron chi connectivity index (χ1n) is 10.8. The lowest BCUT2D eigenvalue weighted by molar-refractivity contribution is 0.428. The summed E-state index contributed by atoms with van der Waals surface area (Å²) < 4.78 is 34.1. The van der Waals surface area contributed by atoms with E-state index in [1.165, 1.54) is 4.31 Å². The van der Waals surface area contributed by atoms with Crippen molar-refractivity contribution in [3.05, 3.63) is 96.1 Å². The van der Waals surface area contributed by atoms with Crippen LogP contribution in [-0.4, -0.2) is 36.0 Å². The predicted octanol–water partition coefficient (Wildman–Crippen LogP) is 5.19. The third kappa shape index (κ3) is 4.25. The minimum Gasteiger partial charge on any atom is -0.334 e. The molecule has 0 unspecified atom stereocenters. The molecular formula is C26H23N3O3S. The van der Waals surface area contributed by atoms with Crippen molar-refractivity contribution < 1.29 is 12.9 Å². The molecule has 0 bridgehead atoms. The Morgan fingerprint density at radius 2 is 1.61 bits per heavy atom. The molecule has 7 heteroatoms. The van der Waals surface area contributed by atoms with Gasteiger partial charge in [-0.1, -0.05) is 83.5 Å². The molecular weight excluding hydrogens is 434 g/mol. The Balaban J connectivity index is 1.44. The van der Waals surface area contributed by atoms with Crippen molar-refractivity contribution in [3.63, 3.8) is 0 Å². The molecule has 166 valence electrons. The van der Waals surface area contributed by atoms with E-state index in [0.29, 0.717) is 30.9 Å². The number of hydrogen-bond acceptors (Lipinski definition) is 5. The number of nitrogens with zero attached hydrogens (tertiary/aromatic N) is 3. The number of hydrogen-bond donors (Lipinski definition) is 0. The first-order valence-corrected chi connectivity index (χ1v) is 12.2. The van der Waals surface area contributed by atoms with Crippen LogP contribution in [-0.2, 0) is 10.0 Å². The predicted molar refractivity (Wildman–Crippen MR) is 128 cm³/mol. The molecule has 0 aliphatic carbocycles. The number of sulfonamides is 1. The summed E-state index contributed by atoms with van der Waals surface area (Å²) in [5, 5.41) is 4.07. The van der Waals surface area contributed by atoms with Gasteiger partial charge in [0.15, 0.2) is 0 Å². The quantitative estimate of drug-likeness (QED) is 0.412. The van der Waals surface area contributed by atoms with Crippen molar-refractivity contribution >= 4 is 15.6 Å². The highest BCUT2D eigenvalue weighted by molar-refractivity contribution is 7.89. The maximum atomic E-state index is 13.5. The smallest absolute Gasteiger partial charge is 0.259 e. The molecule has 33 heavy (non-hydrogen) atoms. The second-order valence-corrected chi connectivity index (χ2v) is 9.90. The van der Waals surface area contributed by atoms with E-state index < -0.39 is 10.0 Å². The van der Waals surface area contributed by atoms with Crippen LogP contribution in [0.15, 0.2) is 94.4 Å². The van der Waals surface area contributed by atoms with Crippen LogP contribution >= 0.6 is 0 Å². The minimum atomic E-state index is -3.75. The van der Waals surface area contributed by atoms with Crippen LogP contribution in [0.3, 0.4) is 0 Å². The van der Waals surface area contributed by atoms with E-state index in [-0.39, 0.29) is 10.8 Å². The average Bonchev–Trinajstić information content (AvgIpc) is 3.35. The SMILES string of the molecule is Cc1ccc(-c2noc(-c3ccccc3S(=O)(=O)N3CC=C(c4ccccc4)CC3)n2)cc1. The molecule has 0 saturated carbocycles. The van der Waals surface area contributed by atoms with Crippen LogP contribution in [0.2, 0.25) is 0 Å². The van der Waals surface area contributed by atoms with Gasteiger partial charge < -0.3 is 4.52 Å². The summed E-state index contributed by atoms with van der Waals surface area (Å²) in [5.74, 6) is 0.605. The average molecular weight is 458 g/mol. The topological polar surface area (TPSA) is 76.3 Å². The third-order valence-corrected chi connectivity index (χ3v) is 7.71. The van der Waals surface area contributed by atoms with Gasteiger partial charge in [-0.05, 0) is 36.6 Å². The van der Waals surface area contributed by atoms with Crippen molar-refractivity contribution in [2.75, 3.05) is 13.1 Å². The van der Waals surface area contributed by atoms with Gasteiger partial charge in [0.2, 0.25) is 15.8 Å². The molecule has 0 saturated heterocycles. The van der Waals surface area contributed by atoms with Crippen molar-refractivity contribution in [3.8, 4) is 22.8 Å². The van der Waals surface area contributed by atoms with E-state index in [2.05, 4.69) is 10.1 Å². The first-order chi connectivity index (χ1) is 16.0. The molecule has 1 aromatic heterocycles. The fourth-order valence-corrected chi connectivity index (χ4v) is 5.51. The number of rotatable bonds is 5. The van der Waals surface area contributed by atoms with Crippen LogP contribution < -0.4 is 0 Å². The lowest BCUT2D eigenvalue weighted by Crippen LogP contribution is -2.35. The van der Waals surface area contributed by atoms with E-state index in [1.807, 2.05) is 67.6 Å². The van der Waals surface area contributed by atoms with E-state index >= 15 is 0 Å². The highest BCUT2D eigenvalue weighted by Crippen LogP contribution is 2.32. The zero-order chi connectivity index (χ0) is 22.8. The fourth-order valence-electron chi connectivity index (χ4n) is 3.94. The zero-order valence-corrected chi connectivity index (χ0v) is 19.0. The van der Waals surface area contributed by atoms with E-state index in [1.54, 1.807) is 24.3 Å². The molecule has 0 radical (unpaired) electrons. The fraction of sp³-hybridized carbons (Fsp3) is 0.154. The second kappa shape index (κ2) is 8.77. The summed E-state index contributed by atoms with van der Waals surface area (Å²) in [6.45, 7) is 2.74. The minimum absolute atomic E-state index is 0.167. The summed E-state index contributed by atoms with van der Waals surface area (Å²) in [7, 11) is -3.75. The summed E-state index contributed by atoms with van der Waals surface area (Å²) in [6, 6.07) is 24.6. The van der Waals surface area contributed by atoms with Gasteiger partial charge in [0.1, 0.15) is 0 Å². The lowest BCUT2D eigenvalue weighted by Gasteiger charge is -2.26. The Morgan fingerprint density at radius 1 is 0.879 bits per heavy atom. The molecule has 6 nitrogen and oxygen atoms in total. The van der Waals surface area contributed by atoms with Gasteiger partial charge in [0, 0.05) is 18.7 Å². The van der Waals surface area contributed by atoms with Crippen molar-refractivity contribution in [2.45, 2.75) is 18.2 Å². The van der Waals surface area contributed by atoms with Crippen LogP contribution in [0.1, 0.15) is 17.5 Å². The maximum Gasteiger partial charge on any atom is 0.259 e. The molecule has 1 aliphatic heterocycles. The van der Waals surface area contributed by atoms with Crippen LogP contribution in [0, 0.1) is 6.92 Å². The number of aromatic nitrogens is 2. The summed E-state index contributed by atoms with van der Waals surface area (Å²) in [5.41, 5.74) is 4.64. The molecule has 2 heterocycles. The van der Waals surface area contributed by atoms with E-state index in [0.717, 1.165) is 22.3 Å². The second-order valence-electron chi connectivity index (χ2n) is 7.99. The standard InChI is InChI=1S/C26H23N3O3S/c1-19-11-13-22(14-12-19)25-27-26(32-28-25)23-9-5-6-10-24(23)33(30,31)29-17-15-21(16-18-29)20-7-3-2-4-8-20/h2-15H,16-18H2,1H3. The Labute approximate surface area is 193 Å². The van der Waals surface area contributed by atoms with Gasteiger partial charge in [0.05, 0.1) is 10.5 Å². The van der Waals surface area contributed by atoms with Crippen molar-refractivity contribution in [1.82, 2.24) is 14.4 Å².